The predicted molar refractivity (Wildman–Crippen MR) is 102 cm³/mol. The van der Waals surface area contributed by atoms with Crippen molar-refractivity contribution in [1.29, 1.82) is 0 Å². The van der Waals surface area contributed by atoms with Crippen LogP contribution in [-0.4, -0.2) is 37.0 Å². The molecule has 27 heavy (non-hydrogen) atoms. The fraction of sp³-hybridized carbons (Fsp3) is 0.409. The van der Waals surface area contributed by atoms with Gasteiger partial charge in [0.25, 0.3) is 0 Å². The third kappa shape index (κ3) is 3.69. The molecule has 0 aliphatic carbocycles. The van der Waals surface area contributed by atoms with Crippen LogP contribution in [0.2, 0.25) is 0 Å². The zero-order valence-corrected chi connectivity index (χ0v) is 15.5. The first-order chi connectivity index (χ1) is 13.2. The van der Waals surface area contributed by atoms with Crippen LogP contribution < -0.4 is 10.1 Å². The van der Waals surface area contributed by atoms with Gasteiger partial charge in [-0.2, -0.15) is 0 Å². The highest BCUT2D eigenvalue weighted by molar-refractivity contribution is 5.79. The Labute approximate surface area is 159 Å². The van der Waals surface area contributed by atoms with Gasteiger partial charge in [-0.25, -0.2) is 4.39 Å². The van der Waals surface area contributed by atoms with Crippen LogP contribution in [0.4, 0.5) is 4.39 Å². The quantitative estimate of drug-likeness (QED) is 0.881. The molecule has 3 atom stereocenters. The molecule has 1 N–H and O–H groups in total. The van der Waals surface area contributed by atoms with E-state index >= 15 is 0 Å². The first kappa shape index (κ1) is 18.0. The number of nitrogens with zero attached hydrogens (tertiary/aromatic N) is 1. The first-order valence-corrected chi connectivity index (χ1v) is 9.63. The first-order valence-electron chi connectivity index (χ1n) is 9.63. The zero-order chi connectivity index (χ0) is 18.8. The minimum absolute atomic E-state index is 0.0594. The highest BCUT2D eigenvalue weighted by Crippen LogP contribution is 2.43. The Kier molecular flexibility index (Phi) is 5.12. The average molecular weight is 368 g/mol. The smallest absolute Gasteiger partial charge is 0.227 e. The van der Waals surface area contributed by atoms with Gasteiger partial charge in [0.1, 0.15) is 11.6 Å². The van der Waals surface area contributed by atoms with Crippen molar-refractivity contribution in [3.63, 3.8) is 0 Å². The Morgan fingerprint density at radius 3 is 2.78 bits per heavy atom. The van der Waals surface area contributed by atoms with Crippen LogP contribution in [0.25, 0.3) is 0 Å². The summed E-state index contributed by atoms with van der Waals surface area (Å²) < 4.78 is 19.3. The van der Waals surface area contributed by atoms with Crippen molar-refractivity contribution >= 4 is 5.91 Å². The summed E-state index contributed by atoms with van der Waals surface area (Å²) in [6.07, 6.45) is 0.352. The van der Waals surface area contributed by atoms with E-state index in [1.165, 1.54) is 6.07 Å². The maximum Gasteiger partial charge on any atom is 0.227 e. The largest absolute Gasteiger partial charge is 0.494 e. The molecule has 2 heterocycles. The third-order valence-corrected chi connectivity index (χ3v) is 5.66. The van der Waals surface area contributed by atoms with Crippen molar-refractivity contribution in [3.05, 3.63) is 65.5 Å². The number of ether oxygens (including phenoxy) is 1. The molecule has 0 spiro atoms. The summed E-state index contributed by atoms with van der Waals surface area (Å²) in [6.45, 7) is 5.10. The van der Waals surface area contributed by atoms with E-state index in [1.54, 1.807) is 12.1 Å². The number of rotatable bonds is 5. The molecule has 2 aliphatic rings. The van der Waals surface area contributed by atoms with Crippen LogP contribution in [0.5, 0.6) is 5.75 Å². The molecule has 5 heteroatoms. The van der Waals surface area contributed by atoms with Gasteiger partial charge >= 0.3 is 0 Å². The number of amides is 1. The fourth-order valence-corrected chi connectivity index (χ4v) is 4.44. The monoisotopic (exact) mass is 368 g/mol. The molecular formula is C22H25FN2O2. The van der Waals surface area contributed by atoms with Crippen molar-refractivity contribution in [2.24, 2.45) is 11.8 Å². The lowest BCUT2D eigenvalue weighted by atomic mass is 9.89. The number of hydrogen-bond acceptors (Lipinski definition) is 3. The molecule has 4 rings (SSSR count). The van der Waals surface area contributed by atoms with E-state index in [-0.39, 0.29) is 17.8 Å². The Balaban J connectivity index is 1.54. The summed E-state index contributed by atoms with van der Waals surface area (Å²) in [6, 6.07) is 14.3. The molecule has 0 radical (unpaired) electrons. The van der Waals surface area contributed by atoms with Gasteiger partial charge in [-0.05, 0) is 48.2 Å². The van der Waals surface area contributed by atoms with Gasteiger partial charge in [0.15, 0.2) is 0 Å². The summed E-state index contributed by atoms with van der Waals surface area (Å²) in [5.41, 5.74) is 1.86. The highest BCUT2D eigenvalue weighted by Gasteiger charge is 2.46. The minimum atomic E-state index is -0.249. The van der Waals surface area contributed by atoms with Crippen molar-refractivity contribution in [2.45, 2.75) is 19.4 Å². The van der Waals surface area contributed by atoms with Crippen molar-refractivity contribution < 1.29 is 13.9 Å². The molecule has 2 aromatic carbocycles. The molecule has 0 aromatic heterocycles. The Bertz CT molecular complexity index is 808. The number of hydrogen-bond donors (Lipinski definition) is 1. The summed E-state index contributed by atoms with van der Waals surface area (Å²) in [5.74, 6) is 1.44. The number of halogens is 1. The van der Waals surface area contributed by atoms with Crippen molar-refractivity contribution in [3.8, 4) is 5.75 Å². The summed E-state index contributed by atoms with van der Waals surface area (Å²) in [4.78, 5) is 15.1. The summed E-state index contributed by atoms with van der Waals surface area (Å²) in [5, 5.41) is 3.42. The second-order valence-corrected chi connectivity index (χ2v) is 7.38. The molecule has 1 amide bonds. The Morgan fingerprint density at radius 2 is 2.04 bits per heavy atom. The molecule has 0 unspecified atom stereocenters. The van der Waals surface area contributed by atoms with E-state index in [9.17, 15) is 9.18 Å². The van der Waals surface area contributed by atoms with E-state index in [0.717, 1.165) is 36.5 Å². The van der Waals surface area contributed by atoms with Crippen LogP contribution in [-0.2, 0) is 11.2 Å². The van der Waals surface area contributed by atoms with Gasteiger partial charge in [-0.3, -0.25) is 4.79 Å². The molecular weight excluding hydrogens is 343 g/mol. The molecule has 2 aliphatic heterocycles. The summed E-state index contributed by atoms with van der Waals surface area (Å²) >= 11 is 0. The fourth-order valence-electron chi connectivity index (χ4n) is 4.44. The van der Waals surface area contributed by atoms with Gasteiger partial charge in [0.2, 0.25) is 5.91 Å². The molecule has 2 saturated heterocycles. The second-order valence-electron chi connectivity index (χ2n) is 7.38. The standard InChI is InChI=1S/C22H25FN2O2/c1-2-27-19-8-6-15(7-9-19)10-21(26)25-14-17-12-24-13-20(17)22(25)16-4-3-5-18(23)11-16/h3-9,11,17,20,22,24H,2,10,12-14H2,1H3/t17-,20-,22+/m0/s1. The number of nitrogens with one attached hydrogen (secondary N) is 1. The number of carbonyl (C=O) groups is 1. The lowest BCUT2D eigenvalue weighted by Crippen LogP contribution is -2.35. The van der Waals surface area contributed by atoms with Crippen LogP contribution >= 0.6 is 0 Å². The molecule has 0 saturated carbocycles. The molecule has 4 nitrogen and oxygen atoms in total. The van der Waals surface area contributed by atoms with E-state index in [2.05, 4.69) is 5.32 Å². The zero-order valence-electron chi connectivity index (χ0n) is 15.5. The number of likely N-dealkylation sites (tertiary alicyclic amines) is 1. The number of fused-ring (bicyclic) bond motifs is 1. The minimum Gasteiger partial charge on any atom is -0.494 e. The number of benzene rings is 2. The van der Waals surface area contributed by atoms with Crippen LogP contribution in [0.15, 0.2) is 48.5 Å². The number of carbonyl (C=O) groups excluding carboxylic acids is 1. The topological polar surface area (TPSA) is 41.6 Å². The highest BCUT2D eigenvalue weighted by atomic mass is 19.1. The van der Waals surface area contributed by atoms with Gasteiger partial charge in [-0.1, -0.05) is 24.3 Å². The Hall–Kier alpha value is -2.40. The predicted octanol–water partition coefficient (Wildman–Crippen LogP) is 3.19. The SMILES string of the molecule is CCOc1ccc(CC(=O)N2C[C@@H]3CNC[C@@H]3[C@H]2c2cccc(F)c2)cc1. The molecule has 142 valence electrons. The van der Waals surface area contributed by atoms with E-state index in [0.29, 0.717) is 24.9 Å². The lowest BCUT2D eigenvalue weighted by Gasteiger charge is -2.28. The maximum atomic E-state index is 13.8. The average Bonchev–Trinajstić information content (AvgIpc) is 3.24. The maximum absolute atomic E-state index is 13.8. The van der Waals surface area contributed by atoms with Crippen molar-refractivity contribution in [2.75, 3.05) is 26.2 Å². The third-order valence-electron chi connectivity index (χ3n) is 5.66. The summed E-state index contributed by atoms with van der Waals surface area (Å²) in [7, 11) is 0. The van der Waals surface area contributed by atoms with Gasteiger partial charge in [0, 0.05) is 25.6 Å². The van der Waals surface area contributed by atoms with Gasteiger partial charge in [-0.15, -0.1) is 0 Å². The Morgan fingerprint density at radius 1 is 1.22 bits per heavy atom. The van der Waals surface area contributed by atoms with E-state index in [1.807, 2.05) is 42.2 Å². The second kappa shape index (κ2) is 7.69. The van der Waals surface area contributed by atoms with E-state index < -0.39 is 0 Å². The van der Waals surface area contributed by atoms with Crippen molar-refractivity contribution in [1.82, 2.24) is 10.2 Å². The van der Waals surface area contributed by atoms with Gasteiger partial charge in [0.05, 0.1) is 19.1 Å². The van der Waals surface area contributed by atoms with Crippen LogP contribution in [0, 0.1) is 17.7 Å². The molecule has 2 fully saturated rings. The normalized spacial score (nSPS) is 24.1. The molecule has 2 aromatic rings. The van der Waals surface area contributed by atoms with Crippen LogP contribution in [0.3, 0.4) is 0 Å². The van der Waals surface area contributed by atoms with Gasteiger partial charge < -0.3 is 15.0 Å². The van der Waals surface area contributed by atoms with Crippen LogP contribution in [0.1, 0.15) is 24.1 Å². The lowest BCUT2D eigenvalue weighted by molar-refractivity contribution is -0.131. The molecule has 0 bridgehead atoms. The van der Waals surface area contributed by atoms with E-state index in [4.69, 9.17) is 4.74 Å².